The lowest BCUT2D eigenvalue weighted by atomic mass is 9.96. The van der Waals surface area contributed by atoms with Crippen molar-refractivity contribution in [3.63, 3.8) is 0 Å². The fourth-order valence-corrected chi connectivity index (χ4v) is 4.70. The number of sulfonamides is 1. The number of nitrogens with one attached hydrogen (secondary N) is 2. The van der Waals surface area contributed by atoms with Crippen LogP contribution < -0.4 is 14.8 Å². The number of carbonyl (C=O) groups excluding carboxylic acids is 1. The number of hydrogen-bond donors (Lipinski definition) is 2. The predicted octanol–water partition coefficient (Wildman–Crippen LogP) is 2.80. The fourth-order valence-electron chi connectivity index (χ4n) is 2.75. The van der Waals surface area contributed by atoms with Gasteiger partial charge >= 0.3 is 0 Å². The summed E-state index contributed by atoms with van der Waals surface area (Å²) in [5, 5.41) is 10.2. The van der Waals surface area contributed by atoms with Crippen molar-refractivity contribution < 1.29 is 17.9 Å². The molecule has 2 N–H and O–H groups in total. The summed E-state index contributed by atoms with van der Waals surface area (Å²) in [4.78, 5) is 14.3. The van der Waals surface area contributed by atoms with Crippen molar-refractivity contribution in [2.45, 2.75) is 44.1 Å². The van der Waals surface area contributed by atoms with Gasteiger partial charge in [0, 0.05) is 24.2 Å². The number of hydrogen-bond acceptors (Lipinski definition) is 8. The fraction of sp³-hybridized carbons (Fsp3) is 0.526. The van der Waals surface area contributed by atoms with Crippen molar-refractivity contribution in [2.75, 3.05) is 30.2 Å². The molecule has 1 aliphatic rings. The molecule has 1 saturated heterocycles. The third-order valence-corrected chi connectivity index (χ3v) is 7.20. The van der Waals surface area contributed by atoms with E-state index in [9.17, 15) is 13.2 Å². The summed E-state index contributed by atoms with van der Waals surface area (Å²) >= 11 is 0.797. The van der Waals surface area contributed by atoms with E-state index in [2.05, 4.69) is 32.2 Å². The molecular formula is C19H27N5O4S2. The minimum absolute atomic E-state index is 0.136. The Morgan fingerprint density at radius 3 is 2.40 bits per heavy atom. The largest absolute Gasteiger partial charge is 0.490 e. The maximum atomic E-state index is 12.6. The van der Waals surface area contributed by atoms with Gasteiger partial charge in [0.2, 0.25) is 11.0 Å². The van der Waals surface area contributed by atoms with Gasteiger partial charge < -0.3 is 15.0 Å². The number of carbonyl (C=O) groups is 1. The molecule has 0 unspecified atom stereocenters. The van der Waals surface area contributed by atoms with Gasteiger partial charge in [-0.15, -0.1) is 10.2 Å². The van der Waals surface area contributed by atoms with Gasteiger partial charge in [-0.25, -0.2) is 0 Å². The van der Waals surface area contributed by atoms with Crippen molar-refractivity contribution in [3.05, 3.63) is 24.3 Å². The molecule has 2 aromatic rings. The Kier molecular flexibility index (Phi) is 6.63. The normalized spacial score (nSPS) is 16.3. The summed E-state index contributed by atoms with van der Waals surface area (Å²) in [5.74, 6) is 0.436. The molecular weight excluding hydrogens is 426 g/mol. The van der Waals surface area contributed by atoms with Gasteiger partial charge in [0.25, 0.3) is 14.4 Å². The second-order valence-electron chi connectivity index (χ2n) is 8.33. The van der Waals surface area contributed by atoms with Crippen LogP contribution in [0.2, 0.25) is 0 Å². The lowest BCUT2D eigenvalue weighted by Gasteiger charge is -2.29. The number of aromatic nitrogens is 2. The number of ether oxygens (including phenoxy) is 1. The molecule has 0 bridgehead atoms. The van der Waals surface area contributed by atoms with E-state index in [-0.39, 0.29) is 21.5 Å². The third-order valence-electron chi connectivity index (χ3n) is 4.61. The Bertz CT molecular complexity index is 975. The van der Waals surface area contributed by atoms with Crippen LogP contribution in [0.15, 0.2) is 28.6 Å². The minimum atomic E-state index is -3.91. The number of nitrogens with zero attached hydrogens (tertiary/aromatic N) is 3. The van der Waals surface area contributed by atoms with E-state index in [1.807, 2.05) is 0 Å². The Balaban J connectivity index is 1.61. The van der Waals surface area contributed by atoms with Crippen molar-refractivity contribution in [3.8, 4) is 5.75 Å². The number of likely N-dealkylation sites (tertiary alicyclic amines) is 1. The molecule has 1 amide bonds. The molecule has 1 aliphatic heterocycles. The number of piperidine rings is 1. The average Bonchev–Trinajstić information content (AvgIpc) is 3.14. The number of anilines is 2. The molecule has 0 spiro atoms. The van der Waals surface area contributed by atoms with Crippen LogP contribution in [-0.2, 0) is 14.8 Å². The zero-order valence-electron chi connectivity index (χ0n) is 17.5. The molecule has 1 fully saturated rings. The van der Waals surface area contributed by atoms with Gasteiger partial charge in [0.1, 0.15) is 11.9 Å². The minimum Gasteiger partial charge on any atom is -0.490 e. The summed E-state index contributed by atoms with van der Waals surface area (Å²) in [6, 6.07) is 6.77. The monoisotopic (exact) mass is 453 g/mol. The lowest BCUT2D eigenvalue weighted by Crippen LogP contribution is -2.35. The SMILES string of the molecule is CN1CCC(Oc2ccc(NS(=O)(=O)c3nnc(NC(=O)C(C)(C)C)s3)cc2)CC1. The molecule has 0 radical (unpaired) electrons. The number of rotatable bonds is 6. The van der Waals surface area contributed by atoms with E-state index >= 15 is 0 Å². The standard InChI is InChI=1S/C19H27N5O4S2/c1-19(2,3)16(25)20-17-21-22-18(29-17)30(26,27)23-13-5-7-14(8-6-13)28-15-9-11-24(4)12-10-15/h5-8,15,23H,9-12H2,1-4H3,(H,20,21,25). The number of benzene rings is 1. The van der Waals surface area contributed by atoms with Gasteiger partial charge in [-0.3, -0.25) is 9.52 Å². The summed E-state index contributed by atoms with van der Waals surface area (Å²) in [6.45, 7) is 7.26. The topological polar surface area (TPSA) is 114 Å². The van der Waals surface area contributed by atoms with Crippen molar-refractivity contribution >= 4 is 38.1 Å². The molecule has 0 saturated carbocycles. The first-order valence-electron chi connectivity index (χ1n) is 9.66. The highest BCUT2D eigenvalue weighted by atomic mass is 32.2. The first kappa shape index (κ1) is 22.4. The zero-order valence-corrected chi connectivity index (χ0v) is 19.1. The summed E-state index contributed by atoms with van der Waals surface area (Å²) < 4.78 is 33.4. The lowest BCUT2D eigenvalue weighted by molar-refractivity contribution is -0.123. The number of amides is 1. The zero-order chi connectivity index (χ0) is 21.9. The summed E-state index contributed by atoms with van der Waals surface area (Å²) in [7, 11) is -1.82. The van der Waals surface area contributed by atoms with Gasteiger partial charge in [-0.1, -0.05) is 32.1 Å². The molecule has 2 heterocycles. The molecule has 164 valence electrons. The smallest absolute Gasteiger partial charge is 0.291 e. The average molecular weight is 454 g/mol. The Morgan fingerprint density at radius 1 is 1.17 bits per heavy atom. The van der Waals surface area contributed by atoms with E-state index in [0.717, 1.165) is 37.3 Å². The first-order valence-corrected chi connectivity index (χ1v) is 12.0. The highest BCUT2D eigenvalue weighted by Crippen LogP contribution is 2.26. The van der Waals surface area contributed by atoms with Crippen LogP contribution in [0.1, 0.15) is 33.6 Å². The van der Waals surface area contributed by atoms with E-state index in [0.29, 0.717) is 11.4 Å². The Labute approximate surface area is 180 Å². The van der Waals surface area contributed by atoms with Gasteiger partial charge in [0.05, 0.1) is 0 Å². The van der Waals surface area contributed by atoms with Gasteiger partial charge in [0.15, 0.2) is 0 Å². The van der Waals surface area contributed by atoms with Crippen LogP contribution in [0, 0.1) is 5.41 Å². The second-order valence-corrected chi connectivity index (χ2v) is 11.2. The van der Waals surface area contributed by atoms with Crippen LogP contribution in [-0.4, -0.2) is 55.7 Å². The first-order chi connectivity index (χ1) is 14.0. The molecule has 0 atom stereocenters. The maximum absolute atomic E-state index is 12.6. The van der Waals surface area contributed by atoms with Crippen LogP contribution >= 0.6 is 11.3 Å². The van der Waals surface area contributed by atoms with Crippen LogP contribution in [0.4, 0.5) is 10.8 Å². The molecule has 1 aromatic heterocycles. The van der Waals surface area contributed by atoms with E-state index in [1.165, 1.54) is 0 Å². The third kappa shape index (κ3) is 5.89. The Morgan fingerprint density at radius 2 is 1.80 bits per heavy atom. The van der Waals surface area contributed by atoms with Crippen LogP contribution in [0.5, 0.6) is 5.75 Å². The van der Waals surface area contributed by atoms with E-state index < -0.39 is 15.4 Å². The molecule has 3 rings (SSSR count). The highest BCUT2D eigenvalue weighted by Gasteiger charge is 2.25. The highest BCUT2D eigenvalue weighted by molar-refractivity contribution is 7.94. The molecule has 11 heteroatoms. The predicted molar refractivity (Wildman–Crippen MR) is 116 cm³/mol. The Hall–Kier alpha value is -2.24. The maximum Gasteiger partial charge on any atom is 0.291 e. The van der Waals surface area contributed by atoms with Gasteiger partial charge in [-0.05, 0) is 44.2 Å². The molecule has 1 aromatic carbocycles. The second kappa shape index (κ2) is 8.86. The summed E-state index contributed by atoms with van der Waals surface area (Å²) in [5.41, 5.74) is -0.235. The van der Waals surface area contributed by atoms with Crippen molar-refractivity contribution in [1.82, 2.24) is 15.1 Å². The molecule has 0 aliphatic carbocycles. The van der Waals surface area contributed by atoms with Gasteiger partial charge in [-0.2, -0.15) is 8.42 Å². The van der Waals surface area contributed by atoms with Crippen LogP contribution in [0.3, 0.4) is 0 Å². The van der Waals surface area contributed by atoms with E-state index in [4.69, 9.17) is 4.74 Å². The molecule has 30 heavy (non-hydrogen) atoms. The summed E-state index contributed by atoms with van der Waals surface area (Å²) in [6.07, 6.45) is 2.11. The molecule has 9 nitrogen and oxygen atoms in total. The van der Waals surface area contributed by atoms with Crippen molar-refractivity contribution in [2.24, 2.45) is 5.41 Å². The quantitative estimate of drug-likeness (QED) is 0.647. The van der Waals surface area contributed by atoms with Crippen molar-refractivity contribution in [1.29, 1.82) is 0 Å². The van der Waals surface area contributed by atoms with Crippen LogP contribution in [0.25, 0.3) is 0 Å². The van der Waals surface area contributed by atoms with E-state index in [1.54, 1.807) is 45.0 Å².